The van der Waals surface area contributed by atoms with Crippen molar-refractivity contribution in [1.29, 1.82) is 0 Å². The van der Waals surface area contributed by atoms with Crippen LogP contribution in [0.2, 0.25) is 0 Å². The molecule has 0 aliphatic rings. The number of carbonyl (C=O) groups excluding carboxylic acids is 9. The second-order valence-corrected chi connectivity index (χ2v) is 19.0. The molecule has 0 bridgehead atoms. The first kappa shape index (κ1) is 68.8. The van der Waals surface area contributed by atoms with Crippen molar-refractivity contribution in [3.05, 3.63) is 0 Å². The Morgan fingerprint density at radius 3 is 1.18 bits per heavy atom. The molecule has 76 heavy (non-hydrogen) atoms. The number of unbranched alkanes of at least 4 members (excludes halogenated alkanes) is 1. The van der Waals surface area contributed by atoms with Gasteiger partial charge in [-0.05, 0) is 102 Å². The Balaban J connectivity index is 6.97. The van der Waals surface area contributed by atoms with Crippen LogP contribution in [0.5, 0.6) is 0 Å². The highest BCUT2D eigenvalue weighted by molar-refractivity contribution is 7.98. The molecule has 27 N–H and O–H groups in total. The zero-order chi connectivity index (χ0) is 57.9. The van der Waals surface area contributed by atoms with Gasteiger partial charge in [-0.1, -0.05) is 13.8 Å². The summed E-state index contributed by atoms with van der Waals surface area (Å²) in [5.74, 6) is -9.80. The Morgan fingerprint density at radius 2 is 0.842 bits per heavy atom. The zero-order valence-corrected chi connectivity index (χ0v) is 44.7. The fourth-order valence-corrected chi connectivity index (χ4v) is 7.37. The molecule has 0 aromatic heterocycles. The van der Waals surface area contributed by atoms with Crippen molar-refractivity contribution in [2.24, 2.45) is 72.5 Å². The second-order valence-electron chi connectivity index (χ2n) is 18.0. The van der Waals surface area contributed by atoms with E-state index in [-0.39, 0.29) is 114 Å². The van der Waals surface area contributed by atoms with Gasteiger partial charge in [0.25, 0.3) is 0 Å². The maximum Gasteiger partial charge on any atom is 0.326 e. The van der Waals surface area contributed by atoms with E-state index in [9.17, 15) is 53.1 Å². The van der Waals surface area contributed by atoms with E-state index in [1.807, 2.05) is 0 Å². The highest BCUT2D eigenvalue weighted by Gasteiger charge is 2.34. The van der Waals surface area contributed by atoms with Gasteiger partial charge >= 0.3 is 5.97 Å². The van der Waals surface area contributed by atoms with Crippen molar-refractivity contribution < 1.29 is 53.1 Å². The van der Waals surface area contributed by atoms with E-state index in [0.29, 0.717) is 12.8 Å². The van der Waals surface area contributed by atoms with E-state index in [1.165, 1.54) is 18.7 Å². The molecular weight excluding hydrogens is 1020 g/mol. The molecule has 31 nitrogen and oxygen atoms in total. The van der Waals surface area contributed by atoms with Crippen LogP contribution in [0, 0.1) is 5.92 Å². The summed E-state index contributed by atoms with van der Waals surface area (Å²) in [5.41, 5.74) is 49.5. The Bertz CT molecular complexity index is 2000. The number of amides is 9. The monoisotopic (exact) mass is 1100 g/mol. The summed E-state index contributed by atoms with van der Waals surface area (Å²) in [7, 11) is 0. The number of aliphatic carboxylic acids is 1. The molecule has 0 heterocycles. The fourth-order valence-electron chi connectivity index (χ4n) is 6.89. The Kier molecular flexibility index (Phi) is 34.7. The number of primary amides is 1. The van der Waals surface area contributed by atoms with Crippen LogP contribution >= 0.6 is 11.8 Å². The smallest absolute Gasteiger partial charge is 0.326 e. The number of hydrogen-bond donors (Lipinski definition) is 18. The number of nitrogens with one attached hydrogen (secondary N) is 8. The van der Waals surface area contributed by atoms with Crippen molar-refractivity contribution >= 4 is 88.8 Å². The molecule has 0 spiro atoms. The minimum Gasteiger partial charge on any atom is -0.480 e. The third-order valence-electron chi connectivity index (χ3n) is 10.8. The molecule has 8 atom stereocenters. The molecule has 0 aliphatic heterocycles. The van der Waals surface area contributed by atoms with Gasteiger partial charge < -0.3 is 99.2 Å². The lowest BCUT2D eigenvalue weighted by Gasteiger charge is -2.28. The average molecular weight is 1100 g/mol. The first-order valence-electron chi connectivity index (χ1n) is 24.7. The largest absolute Gasteiger partial charge is 0.480 e. The molecule has 0 saturated heterocycles. The Hall–Kier alpha value is -7.22. The van der Waals surface area contributed by atoms with Crippen LogP contribution in [-0.4, -0.2) is 175 Å². The maximum atomic E-state index is 14.3. The third-order valence-corrected chi connectivity index (χ3v) is 11.4. The molecule has 0 radical (unpaired) electrons. The van der Waals surface area contributed by atoms with Crippen LogP contribution in [0.25, 0.3) is 0 Å². The second kappa shape index (κ2) is 38.3. The van der Waals surface area contributed by atoms with Gasteiger partial charge in [0.1, 0.15) is 42.3 Å². The van der Waals surface area contributed by atoms with Crippen LogP contribution in [0.1, 0.15) is 97.8 Å². The number of carboxylic acid groups (broad SMARTS) is 1. The lowest BCUT2D eigenvalue weighted by atomic mass is 10.0. The summed E-state index contributed by atoms with van der Waals surface area (Å²) >= 11 is 1.29. The predicted molar refractivity (Wildman–Crippen MR) is 287 cm³/mol. The minimum atomic E-state index is -1.71. The molecule has 0 rings (SSSR count). The number of carboxylic acids is 1. The summed E-state index contributed by atoms with van der Waals surface area (Å²) < 4.78 is 0. The lowest BCUT2D eigenvalue weighted by Crippen LogP contribution is -2.60. The standard InChI is InChI=1S/C44H84N20O11S/c1-23(2)20-31(41(74)75)64-38(71)26(10-5-6-15-45)59-36(69)27(12-8-17-55-43(50)51)60-37(70)28(13-9-18-56-44(52)53)61-39(72)29(14-19-76-4)62-40(73)30(21-32(47)65)63-35(68)25(11-7-16-54-42(48)49)58-33(66)22-57-34(67)24(3)46/h23-31H,5-22,45-46H2,1-4H3,(H2,47,65)(H,57,67)(H,58,66)(H,59,69)(H,60,70)(H,61,72)(H,62,73)(H,63,68)(H,64,71)(H,74,75)(H4,48,49,54)(H4,50,51,55)(H4,52,53,56)/t24-,25-,26-,27-,28-,29-,30-,31-/m0/s1. The first-order valence-corrected chi connectivity index (χ1v) is 26.1. The normalized spacial score (nSPS) is 14.0. The van der Waals surface area contributed by atoms with E-state index in [2.05, 4.69) is 57.5 Å². The molecule has 0 saturated carbocycles. The van der Waals surface area contributed by atoms with E-state index >= 15 is 0 Å². The van der Waals surface area contributed by atoms with Gasteiger partial charge in [-0.15, -0.1) is 0 Å². The van der Waals surface area contributed by atoms with Gasteiger partial charge in [-0.3, -0.25) is 58.1 Å². The van der Waals surface area contributed by atoms with E-state index in [4.69, 9.17) is 51.6 Å². The molecule has 32 heteroatoms. The molecular formula is C44H84N20O11S. The van der Waals surface area contributed by atoms with Gasteiger partial charge in [0.05, 0.1) is 19.0 Å². The Morgan fingerprint density at radius 1 is 0.487 bits per heavy atom. The van der Waals surface area contributed by atoms with Crippen molar-refractivity contribution in [1.82, 2.24) is 42.5 Å². The molecule has 0 aromatic carbocycles. The SMILES string of the molecule is CSCC[C@H](NC(=O)[C@H](CC(N)=O)NC(=O)[C@H](CCCN=C(N)N)NC(=O)CNC(=O)[C@H](C)N)C(=O)N[C@@H](CCCN=C(N)N)C(=O)N[C@@H](CCCN=C(N)N)C(=O)N[C@@H](CCCCN)C(=O)N[C@@H](CC(C)C)C(=O)O. The summed E-state index contributed by atoms with van der Waals surface area (Å²) in [6, 6.07) is -10.8. The van der Waals surface area contributed by atoms with Gasteiger partial charge in [0.2, 0.25) is 53.2 Å². The summed E-state index contributed by atoms with van der Waals surface area (Å²) in [6.45, 7) is 4.70. The number of carbonyl (C=O) groups is 10. The number of aliphatic imine (C=N–C) groups is 3. The fraction of sp³-hybridized carbons (Fsp3) is 0.705. The van der Waals surface area contributed by atoms with E-state index in [1.54, 1.807) is 20.1 Å². The number of rotatable bonds is 40. The first-order chi connectivity index (χ1) is 35.7. The average Bonchev–Trinajstić information content (AvgIpc) is 3.33. The highest BCUT2D eigenvalue weighted by Crippen LogP contribution is 2.11. The Labute approximate surface area is 446 Å². The van der Waals surface area contributed by atoms with Gasteiger partial charge in [-0.25, -0.2) is 4.79 Å². The van der Waals surface area contributed by atoms with E-state index < -0.39 is 120 Å². The number of nitrogens with two attached hydrogens (primary N) is 9. The number of thioether (sulfide) groups is 1. The maximum absolute atomic E-state index is 14.3. The van der Waals surface area contributed by atoms with Crippen LogP contribution < -0.4 is 94.1 Å². The molecule has 0 aromatic rings. The molecule has 0 fully saturated rings. The molecule has 432 valence electrons. The number of hydrogen-bond acceptors (Lipinski definition) is 16. The van der Waals surface area contributed by atoms with E-state index in [0.717, 1.165) is 0 Å². The van der Waals surface area contributed by atoms with Crippen LogP contribution in [0.4, 0.5) is 0 Å². The van der Waals surface area contributed by atoms with Crippen molar-refractivity contribution in [3.8, 4) is 0 Å². The highest BCUT2D eigenvalue weighted by atomic mass is 32.2. The number of guanidine groups is 3. The van der Waals surface area contributed by atoms with Crippen LogP contribution in [0.15, 0.2) is 15.0 Å². The van der Waals surface area contributed by atoms with Gasteiger partial charge in [0, 0.05) is 19.6 Å². The number of nitrogens with zero attached hydrogens (tertiary/aromatic N) is 3. The van der Waals surface area contributed by atoms with Crippen molar-refractivity contribution in [3.63, 3.8) is 0 Å². The van der Waals surface area contributed by atoms with Crippen molar-refractivity contribution in [2.45, 2.75) is 146 Å². The summed E-state index contributed by atoms with van der Waals surface area (Å²) in [5, 5.41) is 29.9. The summed E-state index contributed by atoms with van der Waals surface area (Å²) in [4.78, 5) is 145. The molecule has 9 amide bonds. The van der Waals surface area contributed by atoms with Gasteiger partial charge in [0.15, 0.2) is 17.9 Å². The minimum absolute atomic E-state index is 0.00341. The predicted octanol–water partition coefficient (Wildman–Crippen LogP) is -7.11. The van der Waals surface area contributed by atoms with Crippen LogP contribution in [0.3, 0.4) is 0 Å². The zero-order valence-electron chi connectivity index (χ0n) is 43.9. The summed E-state index contributed by atoms with van der Waals surface area (Å²) in [6.07, 6.45) is 1.90. The quantitative estimate of drug-likeness (QED) is 0.0154. The van der Waals surface area contributed by atoms with Crippen LogP contribution in [-0.2, 0) is 47.9 Å². The molecule has 0 unspecified atom stereocenters. The molecule has 0 aliphatic carbocycles. The topological polar surface area (TPSA) is 558 Å². The third kappa shape index (κ3) is 31.5. The van der Waals surface area contributed by atoms with Crippen molar-refractivity contribution in [2.75, 3.05) is 44.7 Å². The van der Waals surface area contributed by atoms with Gasteiger partial charge in [-0.2, -0.15) is 11.8 Å². The lowest BCUT2D eigenvalue weighted by molar-refractivity contribution is -0.143.